The molecule has 0 aliphatic carbocycles. The Kier molecular flexibility index (Phi) is 4.32. The monoisotopic (exact) mass is 344 g/mol. The number of halogens is 4. The molecule has 2 rings (SSSR count). The molecule has 0 saturated carbocycles. The van der Waals surface area contributed by atoms with Crippen molar-refractivity contribution in [2.45, 2.75) is 6.42 Å². The second kappa shape index (κ2) is 5.80. The third-order valence-electron chi connectivity index (χ3n) is 2.62. The third-order valence-corrected chi connectivity index (χ3v) is 3.58. The summed E-state index contributed by atoms with van der Waals surface area (Å²) in [6.45, 7) is 0. The maximum atomic E-state index is 13.8. The van der Waals surface area contributed by atoms with Gasteiger partial charge in [0.15, 0.2) is 5.78 Å². The van der Waals surface area contributed by atoms with E-state index in [4.69, 9.17) is 11.6 Å². The van der Waals surface area contributed by atoms with Crippen molar-refractivity contribution in [3.05, 3.63) is 68.7 Å². The van der Waals surface area contributed by atoms with Crippen LogP contribution in [0.3, 0.4) is 0 Å². The van der Waals surface area contributed by atoms with Crippen molar-refractivity contribution >= 4 is 33.3 Å². The molecule has 0 spiro atoms. The number of hydrogen-bond donors (Lipinski definition) is 0. The Balaban J connectivity index is 2.28. The molecule has 0 atom stereocenters. The SMILES string of the molecule is O=C(Cc1ccc(F)cc1Cl)c1cccc(Br)c1F. The van der Waals surface area contributed by atoms with Gasteiger partial charge in [-0.2, -0.15) is 0 Å². The largest absolute Gasteiger partial charge is 0.294 e. The molecule has 98 valence electrons. The van der Waals surface area contributed by atoms with E-state index in [1.165, 1.54) is 24.3 Å². The molecule has 0 N–H and O–H groups in total. The Hall–Kier alpha value is -1.26. The van der Waals surface area contributed by atoms with Crippen molar-refractivity contribution in [2.24, 2.45) is 0 Å². The van der Waals surface area contributed by atoms with Crippen molar-refractivity contribution in [1.82, 2.24) is 0 Å². The van der Waals surface area contributed by atoms with Crippen LogP contribution in [0.15, 0.2) is 40.9 Å². The van der Waals surface area contributed by atoms with E-state index in [0.29, 0.717) is 5.56 Å². The Bertz CT molecular complexity index is 643. The highest BCUT2D eigenvalue weighted by atomic mass is 79.9. The van der Waals surface area contributed by atoms with Crippen LogP contribution in [0.25, 0.3) is 0 Å². The Morgan fingerprint density at radius 2 is 1.95 bits per heavy atom. The third kappa shape index (κ3) is 3.19. The molecular formula is C14H8BrClF2O. The molecule has 2 aromatic rings. The number of carbonyl (C=O) groups is 1. The zero-order valence-electron chi connectivity index (χ0n) is 9.59. The van der Waals surface area contributed by atoms with Gasteiger partial charge in [0.25, 0.3) is 0 Å². The highest BCUT2D eigenvalue weighted by molar-refractivity contribution is 9.10. The predicted molar refractivity (Wildman–Crippen MR) is 73.5 cm³/mol. The molecule has 0 unspecified atom stereocenters. The first-order valence-corrected chi connectivity index (χ1v) is 6.57. The van der Waals surface area contributed by atoms with Gasteiger partial charge in [-0.25, -0.2) is 8.78 Å². The van der Waals surface area contributed by atoms with Crippen molar-refractivity contribution in [1.29, 1.82) is 0 Å². The summed E-state index contributed by atoms with van der Waals surface area (Å²) in [5.41, 5.74) is 0.446. The fourth-order valence-electron chi connectivity index (χ4n) is 1.65. The molecule has 0 bridgehead atoms. The molecule has 0 aliphatic heterocycles. The van der Waals surface area contributed by atoms with Crippen LogP contribution in [-0.2, 0) is 6.42 Å². The van der Waals surface area contributed by atoms with Gasteiger partial charge in [-0.3, -0.25) is 4.79 Å². The van der Waals surface area contributed by atoms with E-state index in [-0.39, 0.29) is 21.5 Å². The van der Waals surface area contributed by atoms with Crippen molar-refractivity contribution in [3.8, 4) is 0 Å². The molecule has 0 aromatic heterocycles. The van der Waals surface area contributed by atoms with Crippen molar-refractivity contribution in [3.63, 3.8) is 0 Å². The van der Waals surface area contributed by atoms with Crippen LogP contribution in [0, 0.1) is 11.6 Å². The van der Waals surface area contributed by atoms with Gasteiger partial charge in [-0.15, -0.1) is 0 Å². The fourth-order valence-corrected chi connectivity index (χ4v) is 2.25. The molecule has 0 fully saturated rings. The van der Waals surface area contributed by atoms with Crippen LogP contribution < -0.4 is 0 Å². The van der Waals surface area contributed by atoms with Gasteiger partial charge >= 0.3 is 0 Å². The summed E-state index contributed by atoms with van der Waals surface area (Å²) in [5.74, 6) is -1.49. The Labute approximate surface area is 122 Å². The second-order valence-corrected chi connectivity index (χ2v) is 5.20. The first-order chi connectivity index (χ1) is 8.99. The van der Waals surface area contributed by atoms with Crippen LogP contribution in [0.4, 0.5) is 8.78 Å². The smallest absolute Gasteiger partial charge is 0.170 e. The summed E-state index contributed by atoms with van der Waals surface area (Å²) in [7, 11) is 0. The molecule has 2 aromatic carbocycles. The molecule has 0 radical (unpaired) electrons. The van der Waals surface area contributed by atoms with Crippen LogP contribution in [-0.4, -0.2) is 5.78 Å². The van der Waals surface area contributed by atoms with Gasteiger partial charge in [-0.1, -0.05) is 23.7 Å². The van der Waals surface area contributed by atoms with E-state index in [2.05, 4.69) is 15.9 Å². The quantitative estimate of drug-likeness (QED) is 0.730. The molecule has 1 nitrogen and oxygen atoms in total. The second-order valence-electron chi connectivity index (χ2n) is 3.94. The van der Waals surface area contributed by atoms with Gasteiger partial charge < -0.3 is 0 Å². The van der Waals surface area contributed by atoms with E-state index in [0.717, 1.165) is 6.07 Å². The topological polar surface area (TPSA) is 17.1 Å². The van der Waals surface area contributed by atoms with Gasteiger partial charge in [0.1, 0.15) is 11.6 Å². The Morgan fingerprint density at radius 3 is 2.63 bits per heavy atom. The molecule has 0 aliphatic rings. The molecule has 0 heterocycles. The minimum Gasteiger partial charge on any atom is -0.294 e. The average Bonchev–Trinajstić information content (AvgIpc) is 2.36. The summed E-state index contributed by atoms with van der Waals surface area (Å²) in [4.78, 5) is 12.0. The van der Waals surface area contributed by atoms with E-state index >= 15 is 0 Å². The van der Waals surface area contributed by atoms with Gasteiger partial charge in [-0.05, 0) is 45.8 Å². The average molecular weight is 346 g/mol. The summed E-state index contributed by atoms with van der Waals surface area (Å²) in [6, 6.07) is 8.25. The van der Waals surface area contributed by atoms with E-state index in [1.807, 2.05) is 0 Å². The van der Waals surface area contributed by atoms with Crippen LogP contribution in [0.2, 0.25) is 5.02 Å². The highest BCUT2D eigenvalue weighted by Crippen LogP contribution is 2.22. The highest BCUT2D eigenvalue weighted by Gasteiger charge is 2.15. The lowest BCUT2D eigenvalue weighted by Crippen LogP contribution is -2.07. The standard InChI is InChI=1S/C14H8BrClF2O/c15-11-3-1-2-10(14(11)18)13(19)6-8-4-5-9(17)7-12(8)16/h1-5,7H,6H2. The molecule has 5 heteroatoms. The number of ketones is 1. The lowest BCUT2D eigenvalue weighted by Gasteiger charge is -2.06. The zero-order valence-corrected chi connectivity index (χ0v) is 11.9. The van der Waals surface area contributed by atoms with Gasteiger partial charge in [0.05, 0.1) is 10.0 Å². The molecule has 0 saturated heterocycles. The first kappa shape index (κ1) is 14.2. The lowest BCUT2D eigenvalue weighted by molar-refractivity contribution is 0.0989. The zero-order chi connectivity index (χ0) is 14.0. The number of carbonyl (C=O) groups excluding carboxylic acids is 1. The van der Waals surface area contributed by atoms with Gasteiger partial charge in [0.2, 0.25) is 0 Å². The summed E-state index contributed by atoms with van der Waals surface area (Å²) < 4.78 is 26.9. The summed E-state index contributed by atoms with van der Waals surface area (Å²) >= 11 is 8.86. The lowest BCUT2D eigenvalue weighted by atomic mass is 10.0. The van der Waals surface area contributed by atoms with Crippen molar-refractivity contribution < 1.29 is 13.6 Å². The Morgan fingerprint density at radius 1 is 1.21 bits per heavy atom. The van der Waals surface area contributed by atoms with E-state index < -0.39 is 17.4 Å². The van der Waals surface area contributed by atoms with Crippen molar-refractivity contribution in [2.75, 3.05) is 0 Å². The molecular weight excluding hydrogens is 338 g/mol. The van der Waals surface area contributed by atoms with Crippen LogP contribution in [0.5, 0.6) is 0 Å². The first-order valence-electron chi connectivity index (χ1n) is 5.40. The maximum absolute atomic E-state index is 13.8. The number of Topliss-reactive ketones (excluding diaryl/α,β-unsaturated/α-hetero) is 1. The number of hydrogen-bond acceptors (Lipinski definition) is 1. The fraction of sp³-hybridized carbons (Fsp3) is 0.0714. The van der Waals surface area contributed by atoms with Crippen LogP contribution in [0.1, 0.15) is 15.9 Å². The minimum atomic E-state index is -0.606. The summed E-state index contributed by atoms with van der Waals surface area (Å²) in [5, 5.41) is 0.156. The predicted octanol–water partition coefficient (Wildman–Crippen LogP) is 4.81. The summed E-state index contributed by atoms with van der Waals surface area (Å²) in [6.07, 6.45) is -0.0769. The normalized spacial score (nSPS) is 10.5. The molecule has 0 amide bonds. The maximum Gasteiger partial charge on any atom is 0.170 e. The number of rotatable bonds is 3. The minimum absolute atomic E-state index is 0.0187. The van der Waals surface area contributed by atoms with Gasteiger partial charge in [0, 0.05) is 11.4 Å². The van der Waals surface area contributed by atoms with E-state index in [1.54, 1.807) is 6.07 Å². The van der Waals surface area contributed by atoms with E-state index in [9.17, 15) is 13.6 Å². The number of benzene rings is 2. The molecule has 19 heavy (non-hydrogen) atoms. The van der Waals surface area contributed by atoms with Crippen LogP contribution >= 0.6 is 27.5 Å².